The number of ether oxygens (including phenoxy) is 3. The summed E-state index contributed by atoms with van der Waals surface area (Å²) in [4.78, 5) is 87.0. The molecule has 3 aliphatic heterocycles. The fourth-order valence-corrected chi connectivity index (χ4v) is 7.96. The molecule has 0 aliphatic carbocycles. The van der Waals surface area contributed by atoms with E-state index in [1.54, 1.807) is 43.4 Å². The fourth-order valence-electron chi connectivity index (χ4n) is 7.96. The van der Waals surface area contributed by atoms with Gasteiger partial charge in [0.2, 0.25) is 17.7 Å². The number of rotatable bonds is 22. The smallest absolute Gasteiger partial charge is 0.264 e. The first-order valence-electron chi connectivity index (χ1n) is 21.0. The Morgan fingerprint density at radius 3 is 2.44 bits per heavy atom. The summed E-state index contributed by atoms with van der Waals surface area (Å²) in [6.45, 7) is 5.15. The number of imide groups is 2. The van der Waals surface area contributed by atoms with Crippen molar-refractivity contribution in [3.05, 3.63) is 82.7 Å². The topological polar surface area (TPSA) is 249 Å². The number of carbonyl (C=O) groups excluding carboxylic acids is 6. The Morgan fingerprint density at radius 2 is 1.68 bits per heavy atom. The molecule has 332 valence electrons. The molecule has 4 heterocycles. The van der Waals surface area contributed by atoms with E-state index >= 15 is 0 Å². The monoisotopic (exact) mass is 864 g/mol. The molecule has 2 saturated heterocycles. The van der Waals surface area contributed by atoms with E-state index in [1.807, 2.05) is 18.2 Å². The average Bonchev–Trinajstić information content (AvgIpc) is 3.97. The van der Waals surface area contributed by atoms with Crippen LogP contribution in [0.15, 0.2) is 54.6 Å². The van der Waals surface area contributed by atoms with Crippen molar-refractivity contribution in [3.8, 4) is 0 Å². The molecule has 0 spiro atoms. The van der Waals surface area contributed by atoms with Gasteiger partial charge < -0.3 is 45.9 Å². The molecule has 3 aliphatic rings. The first-order chi connectivity index (χ1) is 30.6. The minimum absolute atomic E-state index is 0.00962. The average molecular weight is 865 g/mol. The standard InChI is InChI=1S/C44H52N10O9/c1-46-32-7-5-28(22-29(32)24-45)41(57)49-30-6-8-33-35(23-30)51-37(50-33)26-53-14-11-27(25-53)21-39(56)48-13-16-62-18-20-63-19-17-61-15-12-47-34-4-2-3-31-40(34)44(60)54(43(31)59)36-9-10-38(55)52-42(36)58/h2-8,22-24,27,36,45-47H,9-21,25-26H2,1H3,(H,48,56)(H,49,57)(H,50,51)(H,52,55,58). The van der Waals surface area contributed by atoms with E-state index in [-0.39, 0.29) is 41.7 Å². The number of H-pyrrole nitrogens is 1. The lowest BCUT2D eigenvalue weighted by Crippen LogP contribution is -2.54. The van der Waals surface area contributed by atoms with Gasteiger partial charge >= 0.3 is 0 Å². The van der Waals surface area contributed by atoms with Crippen LogP contribution in [0.4, 0.5) is 17.1 Å². The van der Waals surface area contributed by atoms with Gasteiger partial charge in [0.15, 0.2) is 0 Å². The molecule has 7 N–H and O–H groups in total. The van der Waals surface area contributed by atoms with E-state index in [4.69, 9.17) is 24.6 Å². The molecule has 6 amide bonds. The fraction of sp³-hybridized carbons (Fsp3) is 0.409. The maximum Gasteiger partial charge on any atom is 0.264 e. The van der Waals surface area contributed by atoms with E-state index in [0.29, 0.717) is 88.2 Å². The highest BCUT2D eigenvalue weighted by atomic mass is 16.5. The zero-order valence-electron chi connectivity index (χ0n) is 35.1. The van der Waals surface area contributed by atoms with Gasteiger partial charge in [0.05, 0.1) is 68.3 Å². The number of nitrogens with zero attached hydrogens (tertiary/aromatic N) is 3. The number of likely N-dealkylation sites (tertiary alicyclic amines) is 1. The highest BCUT2D eigenvalue weighted by molar-refractivity contribution is 6.25. The van der Waals surface area contributed by atoms with E-state index in [1.165, 1.54) is 6.21 Å². The van der Waals surface area contributed by atoms with Crippen molar-refractivity contribution < 1.29 is 43.0 Å². The highest BCUT2D eigenvalue weighted by Gasteiger charge is 2.45. The van der Waals surface area contributed by atoms with Crippen molar-refractivity contribution in [3.63, 3.8) is 0 Å². The normalized spacial score (nSPS) is 17.5. The van der Waals surface area contributed by atoms with E-state index in [2.05, 4.69) is 36.5 Å². The molecule has 0 radical (unpaired) electrons. The van der Waals surface area contributed by atoms with E-state index in [0.717, 1.165) is 47.0 Å². The third-order valence-electron chi connectivity index (χ3n) is 11.1. The predicted molar refractivity (Wildman–Crippen MR) is 233 cm³/mol. The van der Waals surface area contributed by atoms with Crippen LogP contribution in [-0.2, 0) is 35.1 Å². The van der Waals surface area contributed by atoms with Crippen molar-refractivity contribution in [2.45, 2.75) is 38.3 Å². The number of hydrogen-bond donors (Lipinski definition) is 7. The third kappa shape index (κ3) is 11.1. The maximum absolute atomic E-state index is 13.2. The number of anilines is 3. The molecule has 0 saturated carbocycles. The largest absolute Gasteiger partial charge is 0.388 e. The lowest BCUT2D eigenvalue weighted by atomic mass is 10.0. The number of carbonyl (C=O) groups is 6. The van der Waals surface area contributed by atoms with Crippen LogP contribution in [0.1, 0.15) is 68.1 Å². The molecule has 3 aromatic carbocycles. The summed E-state index contributed by atoms with van der Waals surface area (Å²) in [6, 6.07) is 14.6. The number of benzene rings is 3. The summed E-state index contributed by atoms with van der Waals surface area (Å²) >= 11 is 0. The van der Waals surface area contributed by atoms with E-state index in [9.17, 15) is 28.8 Å². The van der Waals surface area contributed by atoms with Gasteiger partial charge in [-0.1, -0.05) is 6.07 Å². The Labute approximate surface area is 363 Å². The van der Waals surface area contributed by atoms with Crippen LogP contribution in [0, 0.1) is 11.3 Å². The van der Waals surface area contributed by atoms with Gasteiger partial charge in [0.25, 0.3) is 17.7 Å². The van der Waals surface area contributed by atoms with E-state index < -0.39 is 29.7 Å². The molecule has 2 atom stereocenters. The number of imidazole rings is 1. The molecule has 0 bridgehead atoms. The molecule has 63 heavy (non-hydrogen) atoms. The van der Waals surface area contributed by atoms with Crippen LogP contribution in [-0.4, -0.2) is 140 Å². The van der Waals surface area contributed by atoms with Gasteiger partial charge in [-0.15, -0.1) is 0 Å². The first kappa shape index (κ1) is 44.5. The van der Waals surface area contributed by atoms with Crippen LogP contribution in [0.25, 0.3) is 11.0 Å². The van der Waals surface area contributed by atoms with Crippen LogP contribution >= 0.6 is 0 Å². The number of fused-ring (bicyclic) bond motifs is 2. The number of amides is 6. The second-order valence-corrected chi connectivity index (χ2v) is 15.4. The molecule has 4 aromatic rings. The number of hydrogen-bond acceptors (Lipinski definition) is 14. The highest BCUT2D eigenvalue weighted by Crippen LogP contribution is 2.32. The molecule has 7 rings (SSSR count). The SMILES string of the molecule is CNc1ccc(C(=O)Nc2ccc3[nH]c(CN4CCC(CC(=O)NCCOCCOCCOCCNc5cccc6c5C(=O)N(C5CCC(=O)NC5=O)C6=O)C4)nc3c2)cc1C=N. The van der Waals surface area contributed by atoms with Crippen molar-refractivity contribution in [1.82, 2.24) is 30.4 Å². The van der Waals surface area contributed by atoms with Crippen LogP contribution in [0.3, 0.4) is 0 Å². The Morgan fingerprint density at radius 1 is 0.905 bits per heavy atom. The quantitative estimate of drug-likeness (QED) is 0.0342. The number of aromatic amines is 1. The molecule has 2 unspecified atom stereocenters. The second-order valence-electron chi connectivity index (χ2n) is 15.4. The zero-order chi connectivity index (χ0) is 44.3. The van der Waals surface area contributed by atoms with Gasteiger partial charge in [-0.05, 0) is 73.8 Å². The lowest BCUT2D eigenvalue weighted by Gasteiger charge is -2.27. The van der Waals surface area contributed by atoms with Crippen molar-refractivity contribution in [1.29, 1.82) is 5.41 Å². The Bertz CT molecular complexity index is 2370. The molecule has 1 aromatic heterocycles. The lowest BCUT2D eigenvalue weighted by molar-refractivity contribution is -0.136. The van der Waals surface area contributed by atoms with Gasteiger partial charge in [0.1, 0.15) is 11.9 Å². The first-order valence-corrected chi connectivity index (χ1v) is 21.0. The molecule has 19 heteroatoms. The third-order valence-corrected chi connectivity index (χ3v) is 11.1. The van der Waals surface area contributed by atoms with Crippen molar-refractivity contribution >= 4 is 69.8 Å². The predicted octanol–water partition coefficient (Wildman–Crippen LogP) is 2.75. The van der Waals surface area contributed by atoms with Gasteiger partial charge in [-0.2, -0.15) is 0 Å². The molecular weight excluding hydrogens is 813 g/mol. The Balaban J connectivity index is 0.710. The molecule has 2 fully saturated rings. The van der Waals surface area contributed by atoms with Gasteiger partial charge in [-0.25, -0.2) is 4.98 Å². The maximum atomic E-state index is 13.2. The number of aromatic nitrogens is 2. The van der Waals surface area contributed by atoms with Crippen LogP contribution in [0.5, 0.6) is 0 Å². The van der Waals surface area contributed by atoms with Gasteiger partial charge in [-0.3, -0.25) is 43.9 Å². The van der Waals surface area contributed by atoms with Crippen molar-refractivity contribution in [2.75, 3.05) is 88.8 Å². The molecular formula is C44H52N10O9. The zero-order valence-corrected chi connectivity index (χ0v) is 35.1. The summed E-state index contributed by atoms with van der Waals surface area (Å²) in [5.41, 5.74) is 4.94. The Hall–Kier alpha value is -6.54. The Kier molecular flexibility index (Phi) is 14.9. The van der Waals surface area contributed by atoms with Crippen LogP contribution in [0.2, 0.25) is 0 Å². The second kappa shape index (κ2) is 21.0. The summed E-state index contributed by atoms with van der Waals surface area (Å²) in [5, 5.41) is 21.8. The number of nitrogens with one attached hydrogen (secondary N) is 7. The minimum Gasteiger partial charge on any atom is -0.388 e. The molecule has 19 nitrogen and oxygen atoms in total. The van der Waals surface area contributed by atoms with Crippen LogP contribution < -0.4 is 26.6 Å². The summed E-state index contributed by atoms with van der Waals surface area (Å²) < 4.78 is 16.8. The number of piperidine rings is 1. The summed E-state index contributed by atoms with van der Waals surface area (Å²) in [5.74, 6) is -1.44. The summed E-state index contributed by atoms with van der Waals surface area (Å²) in [7, 11) is 1.77. The van der Waals surface area contributed by atoms with Gasteiger partial charge in [0, 0.05) is 73.9 Å². The summed E-state index contributed by atoms with van der Waals surface area (Å²) in [6.07, 6.45) is 2.71. The minimum atomic E-state index is -1.03. The van der Waals surface area contributed by atoms with Crippen molar-refractivity contribution in [2.24, 2.45) is 5.92 Å².